The van der Waals surface area contributed by atoms with E-state index in [-0.39, 0.29) is 16.2 Å². The Morgan fingerprint density at radius 1 is 1.11 bits per heavy atom. The lowest BCUT2D eigenvalue weighted by Crippen LogP contribution is -2.18. The normalized spacial score (nSPS) is 11.3. The highest BCUT2D eigenvalue weighted by Crippen LogP contribution is 2.20. The standard InChI is InChI=1S/C20H21N3O3S/c1-2-13-27(25,26)19-10-4-3-9-18(19)20(24)22-17-8-5-7-16(14-17)15-23-12-6-11-21-23/h3-12,14H,2,13,15H2,1H3,(H,22,24). The number of nitrogens with one attached hydrogen (secondary N) is 1. The Balaban J connectivity index is 1.82. The van der Waals surface area contributed by atoms with Crippen molar-refractivity contribution in [3.8, 4) is 0 Å². The third kappa shape index (κ3) is 4.62. The summed E-state index contributed by atoms with van der Waals surface area (Å²) in [5, 5.41) is 6.97. The molecule has 0 aliphatic carbocycles. The van der Waals surface area contributed by atoms with Gasteiger partial charge >= 0.3 is 0 Å². The molecule has 1 aromatic heterocycles. The second-order valence-corrected chi connectivity index (χ2v) is 8.25. The first kappa shape index (κ1) is 18.8. The molecule has 27 heavy (non-hydrogen) atoms. The second-order valence-electron chi connectivity index (χ2n) is 6.17. The maximum atomic E-state index is 12.7. The summed E-state index contributed by atoms with van der Waals surface area (Å²) in [6.07, 6.45) is 4.06. The van der Waals surface area contributed by atoms with Gasteiger partial charge in [-0.05, 0) is 42.3 Å². The fraction of sp³-hybridized carbons (Fsp3) is 0.200. The monoisotopic (exact) mass is 383 g/mol. The predicted molar refractivity (Wildman–Crippen MR) is 105 cm³/mol. The summed E-state index contributed by atoms with van der Waals surface area (Å²) < 4.78 is 26.7. The second kappa shape index (κ2) is 8.18. The molecule has 0 radical (unpaired) electrons. The Hall–Kier alpha value is -2.93. The van der Waals surface area contributed by atoms with Crippen LogP contribution in [-0.2, 0) is 16.4 Å². The van der Waals surface area contributed by atoms with Crippen LogP contribution in [0, 0.1) is 0 Å². The largest absolute Gasteiger partial charge is 0.322 e. The van der Waals surface area contributed by atoms with Gasteiger partial charge in [-0.1, -0.05) is 31.2 Å². The molecule has 0 unspecified atom stereocenters. The highest BCUT2D eigenvalue weighted by molar-refractivity contribution is 7.91. The van der Waals surface area contributed by atoms with E-state index in [4.69, 9.17) is 0 Å². The van der Waals surface area contributed by atoms with E-state index in [0.717, 1.165) is 5.56 Å². The van der Waals surface area contributed by atoms with Crippen molar-refractivity contribution >= 4 is 21.4 Å². The zero-order valence-corrected chi connectivity index (χ0v) is 15.8. The van der Waals surface area contributed by atoms with Crippen LogP contribution in [0.3, 0.4) is 0 Å². The first-order valence-corrected chi connectivity index (χ1v) is 10.3. The SMILES string of the molecule is CCCS(=O)(=O)c1ccccc1C(=O)Nc1cccc(Cn2cccn2)c1. The maximum Gasteiger partial charge on any atom is 0.256 e. The first-order chi connectivity index (χ1) is 13.0. The predicted octanol–water partition coefficient (Wildman–Crippen LogP) is 3.37. The molecule has 7 heteroatoms. The summed E-state index contributed by atoms with van der Waals surface area (Å²) >= 11 is 0. The molecule has 0 aliphatic rings. The van der Waals surface area contributed by atoms with Crippen LogP contribution in [0.15, 0.2) is 71.9 Å². The van der Waals surface area contributed by atoms with E-state index in [0.29, 0.717) is 18.7 Å². The average molecular weight is 383 g/mol. The quantitative estimate of drug-likeness (QED) is 0.678. The molecule has 6 nitrogen and oxygen atoms in total. The maximum absolute atomic E-state index is 12.7. The summed E-state index contributed by atoms with van der Waals surface area (Å²) in [7, 11) is -3.49. The van der Waals surface area contributed by atoms with Gasteiger partial charge in [-0.3, -0.25) is 9.48 Å². The molecule has 2 aromatic carbocycles. The number of hydrogen-bond donors (Lipinski definition) is 1. The van der Waals surface area contributed by atoms with Crippen molar-refractivity contribution in [2.45, 2.75) is 24.8 Å². The van der Waals surface area contributed by atoms with E-state index in [1.165, 1.54) is 12.1 Å². The van der Waals surface area contributed by atoms with Gasteiger partial charge in [0.1, 0.15) is 0 Å². The molecular formula is C20H21N3O3S. The summed E-state index contributed by atoms with van der Waals surface area (Å²) in [4.78, 5) is 12.8. The van der Waals surface area contributed by atoms with Gasteiger partial charge in [-0.25, -0.2) is 8.42 Å². The van der Waals surface area contributed by atoms with Gasteiger partial charge in [0.15, 0.2) is 9.84 Å². The first-order valence-electron chi connectivity index (χ1n) is 8.69. The van der Waals surface area contributed by atoms with Gasteiger partial charge in [0.05, 0.1) is 22.8 Å². The number of aromatic nitrogens is 2. The average Bonchev–Trinajstić information content (AvgIpc) is 3.15. The Labute approximate surface area is 158 Å². The molecular weight excluding hydrogens is 362 g/mol. The minimum atomic E-state index is -3.49. The molecule has 0 saturated carbocycles. The van der Waals surface area contributed by atoms with Crippen molar-refractivity contribution in [3.63, 3.8) is 0 Å². The topological polar surface area (TPSA) is 81.1 Å². The molecule has 140 valence electrons. The molecule has 0 fully saturated rings. The van der Waals surface area contributed by atoms with Crippen LogP contribution in [-0.4, -0.2) is 29.9 Å². The fourth-order valence-electron chi connectivity index (χ4n) is 2.83. The Bertz CT molecular complexity index is 1030. The van der Waals surface area contributed by atoms with Crippen LogP contribution in [0.2, 0.25) is 0 Å². The van der Waals surface area contributed by atoms with E-state index >= 15 is 0 Å². The van der Waals surface area contributed by atoms with Crippen molar-refractivity contribution in [1.82, 2.24) is 9.78 Å². The zero-order valence-electron chi connectivity index (χ0n) is 15.0. The van der Waals surface area contributed by atoms with Crippen LogP contribution >= 0.6 is 0 Å². The van der Waals surface area contributed by atoms with E-state index in [9.17, 15) is 13.2 Å². The number of carbonyl (C=O) groups is 1. The fourth-order valence-corrected chi connectivity index (χ4v) is 4.37. The highest BCUT2D eigenvalue weighted by Gasteiger charge is 2.21. The van der Waals surface area contributed by atoms with Gasteiger partial charge in [0.25, 0.3) is 5.91 Å². The molecule has 0 bridgehead atoms. The minimum Gasteiger partial charge on any atom is -0.322 e. The summed E-state index contributed by atoms with van der Waals surface area (Å²) in [5.41, 5.74) is 1.74. The van der Waals surface area contributed by atoms with Crippen LogP contribution in [0.25, 0.3) is 0 Å². The molecule has 0 spiro atoms. The number of hydrogen-bond acceptors (Lipinski definition) is 4. The smallest absolute Gasteiger partial charge is 0.256 e. The molecule has 0 saturated heterocycles. The number of amides is 1. The number of rotatable bonds is 7. The number of nitrogens with zero attached hydrogens (tertiary/aromatic N) is 2. The lowest BCUT2D eigenvalue weighted by molar-refractivity contribution is 0.102. The summed E-state index contributed by atoms with van der Waals surface area (Å²) in [6, 6.07) is 15.6. The number of carbonyl (C=O) groups excluding carboxylic acids is 1. The molecule has 0 aliphatic heterocycles. The lowest BCUT2D eigenvalue weighted by Gasteiger charge is -2.11. The third-order valence-corrected chi connectivity index (χ3v) is 6.00. The zero-order chi connectivity index (χ0) is 19.3. The number of anilines is 1. The lowest BCUT2D eigenvalue weighted by atomic mass is 10.1. The van der Waals surface area contributed by atoms with Crippen molar-refractivity contribution in [2.24, 2.45) is 0 Å². The van der Waals surface area contributed by atoms with Gasteiger partial charge < -0.3 is 5.32 Å². The van der Waals surface area contributed by atoms with Crippen LogP contribution in [0.5, 0.6) is 0 Å². The highest BCUT2D eigenvalue weighted by atomic mass is 32.2. The van der Waals surface area contributed by atoms with Crippen molar-refractivity contribution in [3.05, 3.63) is 78.1 Å². The summed E-state index contributed by atoms with van der Waals surface area (Å²) in [6.45, 7) is 2.38. The van der Waals surface area contributed by atoms with Crippen molar-refractivity contribution in [1.29, 1.82) is 0 Å². The van der Waals surface area contributed by atoms with Gasteiger partial charge in [-0.2, -0.15) is 5.10 Å². The molecule has 0 atom stereocenters. The molecule has 3 rings (SSSR count). The van der Waals surface area contributed by atoms with E-state index in [1.54, 1.807) is 36.0 Å². The van der Waals surface area contributed by atoms with Crippen molar-refractivity contribution < 1.29 is 13.2 Å². The van der Waals surface area contributed by atoms with Crippen LogP contribution in [0.1, 0.15) is 29.3 Å². The molecule has 1 N–H and O–H groups in total. The number of benzene rings is 2. The van der Waals surface area contributed by atoms with Crippen LogP contribution in [0.4, 0.5) is 5.69 Å². The van der Waals surface area contributed by atoms with Crippen molar-refractivity contribution in [2.75, 3.05) is 11.1 Å². The Morgan fingerprint density at radius 2 is 1.93 bits per heavy atom. The van der Waals surface area contributed by atoms with Gasteiger partial charge in [-0.15, -0.1) is 0 Å². The molecule has 1 amide bonds. The third-order valence-electron chi connectivity index (χ3n) is 4.03. The van der Waals surface area contributed by atoms with Gasteiger partial charge in [0.2, 0.25) is 0 Å². The Kier molecular flexibility index (Phi) is 5.71. The van der Waals surface area contributed by atoms with Crippen LogP contribution < -0.4 is 5.32 Å². The molecule has 1 heterocycles. The van der Waals surface area contributed by atoms with E-state index in [1.807, 2.05) is 30.5 Å². The van der Waals surface area contributed by atoms with E-state index in [2.05, 4.69) is 10.4 Å². The Morgan fingerprint density at radius 3 is 2.67 bits per heavy atom. The minimum absolute atomic E-state index is 0.0106. The van der Waals surface area contributed by atoms with Gasteiger partial charge in [0, 0.05) is 18.1 Å². The molecule has 3 aromatic rings. The summed E-state index contributed by atoms with van der Waals surface area (Å²) in [5.74, 6) is -0.432. The number of sulfone groups is 1. The van der Waals surface area contributed by atoms with E-state index < -0.39 is 15.7 Å².